The molecule has 0 atom stereocenters. The molecule has 1 saturated heterocycles. The largest absolute Gasteiger partial charge is 0.348 e. The highest BCUT2D eigenvalue weighted by Gasteiger charge is 2.13. The molecule has 3 heteroatoms. The number of hydrogen-bond acceptors (Lipinski definition) is 3. The molecule has 1 fully saturated rings. The zero-order valence-electron chi connectivity index (χ0n) is 5.79. The fraction of sp³-hybridized carbons (Fsp3) is 0.625. The van der Waals surface area contributed by atoms with E-state index in [0.717, 1.165) is 0 Å². The number of nitrogens with zero attached hydrogens (tertiary/aromatic N) is 2. The van der Waals surface area contributed by atoms with Crippen LogP contribution in [0.25, 0.3) is 0 Å². The van der Waals surface area contributed by atoms with Crippen molar-refractivity contribution in [3.05, 3.63) is 11.6 Å². The molecule has 0 saturated carbocycles. The van der Waals surface area contributed by atoms with Crippen molar-refractivity contribution in [3.8, 4) is 0 Å². The molecule has 0 spiro atoms. The van der Waals surface area contributed by atoms with Crippen molar-refractivity contribution in [1.29, 1.82) is 0 Å². The predicted octanol–water partition coefficient (Wildman–Crippen LogP) is 2.38. The van der Waals surface area contributed by atoms with Gasteiger partial charge in [0.25, 0.3) is 0 Å². The molecule has 0 radical (unpaired) electrons. The lowest BCUT2D eigenvalue weighted by molar-refractivity contribution is 0.949. The lowest BCUT2D eigenvalue weighted by Crippen LogP contribution is -2.16. The molecule has 0 aliphatic carbocycles. The maximum absolute atomic E-state index is 4.24. The minimum Gasteiger partial charge on any atom is -0.348 e. The summed E-state index contributed by atoms with van der Waals surface area (Å²) in [6.07, 6.45) is 4.54. The molecule has 1 aliphatic rings. The smallest absolute Gasteiger partial charge is 0.185 e. The van der Waals surface area contributed by atoms with Gasteiger partial charge in [-0.15, -0.1) is 11.3 Å². The SMILES string of the molecule is C.c1csc(N2CCCC2)n1. The van der Waals surface area contributed by atoms with E-state index in [1.165, 1.54) is 31.1 Å². The van der Waals surface area contributed by atoms with Crippen molar-refractivity contribution in [1.82, 2.24) is 4.98 Å². The number of aromatic nitrogens is 1. The van der Waals surface area contributed by atoms with Gasteiger partial charge in [-0.3, -0.25) is 0 Å². The Kier molecular flexibility index (Phi) is 2.88. The second-order valence-corrected chi connectivity index (χ2v) is 3.38. The molecule has 2 rings (SSSR count). The van der Waals surface area contributed by atoms with E-state index in [9.17, 15) is 0 Å². The molecular formula is C8H14N2S. The average Bonchev–Trinajstić information content (AvgIpc) is 2.59. The monoisotopic (exact) mass is 170 g/mol. The Labute approximate surface area is 71.9 Å². The van der Waals surface area contributed by atoms with E-state index in [1.807, 2.05) is 11.6 Å². The number of anilines is 1. The first-order valence-electron chi connectivity index (χ1n) is 3.61. The summed E-state index contributed by atoms with van der Waals surface area (Å²) in [7, 11) is 0. The number of hydrogen-bond donors (Lipinski definition) is 0. The van der Waals surface area contributed by atoms with Gasteiger partial charge in [-0.05, 0) is 12.8 Å². The van der Waals surface area contributed by atoms with Gasteiger partial charge >= 0.3 is 0 Å². The van der Waals surface area contributed by atoms with Gasteiger partial charge in [-0.1, -0.05) is 7.43 Å². The number of thiazole rings is 1. The van der Waals surface area contributed by atoms with Crippen LogP contribution in [-0.4, -0.2) is 18.1 Å². The van der Waals surface area contributed by atoms with Gasteiger partial charge in [-0.2, -0.15) is 0 Å². The highest BCUT2D eigenvalue weighted by molar-refractivity contribution is 7.13. The standard InChI is InChI=1S/C7H10N2S.CH4/c1-2-5-9(4-1)7-8-3-6-10-7;/h3,6H,1-2,4-5H2;1H4. The summed E-state index contributed by atoms with van der Waals surface area (Å²) in [5.41, 5.74) is 0. The first kappa shape index (κ1) is 8.53. The molecule has 0 aromatic carbocycles. The van der Waals surface area contributed by atoms with Crippen LogP contribution in [0.5, 0.6) is 0 Å². The van der Waals surface area contributed by atoms with Crippen molar-refractivity contribution in [2.75, 3.05) is 18.0 Å². The Bertz CT molecular complexity index is 190. The molecule has 62 valence electrons. The van der Waals surface area contributed by atoms with Gasteiger partial charge in [0.15, 0.2) is 5.13 Å². The minimum absolute atomic E-state index is 0. The second-order valence-electron chi connectivity index (χ2n) is 2.51. The Morgan fingerprint density at radius 2 is 2.09 bits per heavy atom. The van der Waals surface area contributed by atoms with Gasteiger partial charge in [0.1, 0.15) is 0 Å². The van der Waals surface area contributed by atoms with Crippen molar-refractivity contribution in [2.24, 2.45) is 0 Å². The van der Waals surface area contributed by atoms with Gasteiger partial charge < -0.3 is 4.90 Å². The summed E-state index contributed by atoms with van der Waals surface area (Å²) in [6, 6.07) is 0. The zero-order valence-corrected chi connectivity index (χ0v) is 6.60. The second kappa shape index (κ2) is 3.72. The summed E-state index contributed by atoms with van der Waals surface area (Å²) in [6.45, 7) is 2.40. The molecule has 11 heavy (non-hydrogen) atoms. The first-order valence-corrected chi connectivity index (χ1v) is 4.49. The van der Waals surface area contributed by atoms with E-state index in [0.29, 0.717) is 0 Å². The fourth-order valence-corrected chi connectivity index (χ4v) is 1.98. The summed E-state index contributed by atoms with van der Waals surface area (Å²) in [5.74, 6) is 0. The fourth-order valence-electron chi connectivity index (χ4n) is 1.28. The van der Waals surface area contributed by atoms with Crippen LogP contribution < -0.4 is 4.90 Å². The summed E-state index contributed by atoms with van der Waals surface area (Å²) >= 11 is 1.74. The van der Waals surface area contributed by atoms with Gasteiger partial charge in [-0.25, -0.2) is 4.98 Å². The normalized spacial score (nSPS) is 16.5. The molecule has 0 N–H and O–H groups in total. The van der Waals surface area contributed by atoms with Crippen molar-refractivity contribution in [2.45, 2.75) is 20.3 Å². The zero-order chi connectivity index (χ0) is 6.81. The molecular weight excluding hydrogens is 156 g/mol. The Morgan fingerprint density at radius 1 is 1.36 bits per heavy atom. The topological polar surface area (TPSA) is 16.1 Å². The third-order valence-electron chi connectivity index (χ3n) is 1.80. The molecule has 2 nitrogen and oxygen atoms in total. The van der Waals surface area contributed by atoms with Crippen LogP contribution in [0.4, 0.5) is 5.13 Å². The number of rotatable bonds is 1. The summed E-state index contributed by atoms with van der Waals surface area (Å²) in [4.78, 5) is 6.59. The van der Waals surface area contributed by atoms with Crippen molar-refractivity contribution < 1.29 is 0 Å². The predicted molar refractivity (Wildman–Crippen MR) is 50.3 cm³/mol. The Balaban J connectivity index is 0.000000605. The van der Waals surface area contributed by atoms with Gasteiger partial charge in [0.05, 0.1) is 0 Å². The van der Waals surface area contributed by atoms with Crippen LogP contribution in [0, 0.1) is 0 Å². The van der Waals surface area contributed by atoms with E-state index in [2.05, 4.69) is 9.88 Å². The van der Waals surface area contributed by atoms with Crippen LogP contribution in [0.15, 0.2) is 11.6 Å². The van der Waals surface area contributed by atoms with Crippen molar-refractivity contribution in [3.63, 3.8) is 0 Å². The van der Waals surface area contributed by atoms with Gasteiger partial charge in [0.2, 0.25) is 0 Å². The molecule has 1 aliphatic heterocycles. The molecule has 1 aromatic rings. The van der Waals surface area contributed by atoms with E-state index >= 15 is 0 Å². The molecule has 0 bridgehead atoms. The lowest BCUT2D eigenvalue weighted by Gasteiger charge is -2.11. The maximum Gasteiger partial charge on any atom is 0.185 e. The quantitative estimate of drug-likeness (QED) is 0.643. The van der Waals surface area contributed by atoms with E-state index in [4.69, 9.17) is 0 Å². The van der Waals surface area contributed by atoms with Crippen LogP contribution in [0.3, 0.4) is 0 Å². The first-order chi connectivity index (χ1) is 4.97. The van der Waals surface area contributed by atoms with E-state index < -0.39 is 0 Å². The minimum atomic E-state index is 0. The van der Waals surface area contributed by atoms with Crippen LogP contribution in [0.2, 0.25) is 0 Å². The van der Waals surface area contributed by atoms with Crippen LogP contribution >= 0.6 is 11.3 Å². The highest BCUT2D eigenvalue weighted by Crippen LogP contribution is 2.21. The molecule has 0 amide bonds. The maximum atomic E-state index is 4.24. The third kappa shape index (κ3) is 1.71. The molecule has 1 aromatic heterocycles. The third-order valence-corrected chi connectivity index (χ3v) is 2.63. The molecule has 2 heterocycles. The van der Waals surface area contributed by atoms with Crippen molar-refractivity contribution >= 4 is 16.5 Å². The Morgan fingerprint density at radius 3 is 2.64 bits per heavy atom. The summed E-state index contributed by atoms with van der Waals surface area (Å²) in [5, 5.41) is 3.23. The molecule has 0 unspecified atom stereocenters. The van der Waals surface area contributed by atoms with Gasteiger partial charge in [0, 0.05) is 24.7 Å². The van der Waals surface area contributed by atoms with E-state index in [-0.39, 0.29) is 7.43 Å². The average molecular weight is 170 g/mol. The highest BCUT2D eigenvalue weighted by atomic mass is 32.1. The van der Waals surface area contributed by atoms with Crippen LogP contribution in [0.1, 0.15) is 20.3 Å². The summed E-state index contributed by atoms with van der Waals surface area (Å²) < 4.78 is 0. The van der Waals surface area contributed by atoms with Crippen LogP contribution in [-0.2, 0) is 0 Å². The Hall–Kier alpha value is -0.570. The van der Waals surface area contributed by atoms with E-state index in [1.54, 1.807) is 11.3 Å². The lowest BCUT2D eigenvalue weighted by atomic mass is 10.4.